The van der Waals surface area contributed by atoms with Crippen LogP contribution in [0.1, 0.15) is 15.9 Å². The van der Waals surface area contributed by atoms with Crippen LogP contribution >= 0.6 is 0 Å². The number of nitrogens with one attached hydrogen (secondary N) is 1. The van der Waals surface area contributed by atoms with E-state index in [2.05, 4.69) is 14.9 Å². The van der Waals surface area contributed by atoms with Gasteiger partial charge in [-0.1, -0.05) is 12.1 Å². The number of benzene rings is 1. The van der Waals surface area contributed by atoms with Crippen LogP contribution in [0.4, 0.5) is 19.0 Å². The number of ether oxygens (including phenoxy) is 1. The molecule has 0 aliphatic heterocycles. The second-order valence-electron chi connectivity index (χ2n) is 3.99. The summed E-state index contributed by atoms with van der Waals surface area (Å²) in [6.07, 6.45) is -3.42. The second kappa shape index (κ2) is 5.24. The van der Waals surface area contributed by atoms with Gasteiger partial charge >= 0.3 is 6.36 Å². The first-order chi connectivity index (χ1) is 9.35. The zero-order valence-electron chi connectivity index (χ0n) is 10.1. The molecule has 1 aromatic carbocycles. The lowest BCUT2D eigenvalue weighted by molar-refractivity contribution is -0.274. The van der Waals surface area contributed by atoms with E-state index in [1.54, 1.807) is 0 Å². The smallest absolute Gasteiger partial charge is 0.406 e. The van der Waals surface area contributed by atoms with Crippen LogP contribution in [0.15, 0.2) is 30.5 Å². The van der Waals surface area contributed by atoms with Crippen molar-refractivity contribution in [3.05, 3.63) is 41.6 Å². The molecule has 0 bridgehead atoms. The Labute approximate surface area is 111 Å². The minimum Gasteiger partial charge on any atom is -0.406 e. The predicted octanol–water partition coefficient (Wildman–Crippen LogP) is 2.32. The maximum absolute atomic E-state index is 12.0. The van der Waals surface area contributed by atoms with E-state index in [4.69, 9.17) is 5.73 Å². The number of Topliss-reactive ketones (excluding diaryl/α,β-unsaturated/α-hetero) is 1. The molecule has 0 spiro atoms. The van der Waals surface area contributed by atoms with Gasteiger partial charge in [0.25, 0.3) is 0 Å². The first-order valence-corrected chi connectivity index (χ1v) is 5.52. The Morgan fingerprint density at radius 1 is 1.30 bits per heavy atom. The number of carbonyl (C=O) groups is 1. The van der Waals surface area contributed by atoms with Crippen LogP contribution in [-0.4, -0.2) is 22.3 Å². The number of nitrogens with zero attached hydrogens (tertiary/aromatic N) is 1. The summed E-state index contributed by atoms with van der Waals surface area (Å²) in [6.45, 7) is 0. The van der Waals surface area contributed by atoms with Gasteiger partial charge in [0, 0.05) is 6.42 Å². The number of aromatic amines is 1. The zero-order valence-corrected chi connectivity index (χ0v) is 10.1. The third kappa shape index (κ3) is 3.50. The molecular formula is C12H10F3N3O2. The van der Waals surface area contributed by atoms with Crippen LogP contribution in [-0.2, 0) is 6.42 Å². The SMILES string of the molecule is Nc1[nH]ncc1C(=O)Cc1ccc(OC(F)(F)F)cc1. The number of nitrogen functional groups attached to an aromatic ring is 1. The highest BCUT2D eigenvalue weighted by molar-refractivity contribution is 6.00. The molecule has 0 saturated heterocycles. The number of alkyl halides is 3. The van der Waals surface area contributed by atoms with Gasteiger partial charge in [-0.2, -0.15) is 5.10 Å². The summed E-state index contributed by atoms with van der Waals surface area (Å²) in [5, 5.41) is 6.06. The average Bonchev–Trinajstić information content (AvgIpc) is 2.76. The summed E-state index contributed by atoms with van der Waals surface area (Å²) in [4.78, 5) is 11.9. The first kappa shape index (κ1) is 13.9. The van der Waals surface area contributed by atoms with Gasteiger partial charge in [-0.15, -0.1) is 13.2 Å². The van der Waals surface area contributed by atoms with Crippen molar-refractivity contribution in [2.45, 2.75) is 12.8 Å². The molecule has 0 aliphatic rings. The number of anilines is 1. The van der Waals surface area contributed by atoms with Gasteiger partial charge in [-0.3, -0.25) is 9.89 Å². The van der Waals surface area contributed by atoms with Crippen molar-refractivity contribution in [2.75, 3.05) is 5.73 Å². The van der Waals surface area contributed by atoms with E-state index in [0.29, 0.717) is 5.56 Å². The standard InChI is InChI=1S/C12H10F3N3O2/c13-12(14,15)20-8-3-1-7(2-4-8)5-10(19)9-6-17-18-11(9)16/h1-4,6H,5H2,(H3,16,17,18). The van der Waals surface area contributed by atoms with Gasteiger partial charge in [0.1, 0.15) is 11.6 Å². The van der Waals surface area contributed by atoms with Crippen molar-refractivity contribution in [3.63, 3.8) is 0 Å². The van der Waals surface area contributed by atoms with Gasteiger partial charge in [0.2, 0.25) is 0 Å². The Kier molecular flexibility index (Phi) is 3.64. The third-order valence-electron chi connectivity index (χ3n) is 2.49. The van der Waals surface area contributed by atoms with Crippen molar-refractivity contribution < 1.29 is 22.7 Å². The van der Waals surface area contributed by atoms with Crippen LogP contribution < -0.4 is 10.5 Å². The topological polar surface area (TPSA) is 81.0 Å². The molecule has 8 heteroatoms. The number of H-pyrrole nitrogens is 1. The Morgan fingerprint density at radius 3 is 2.45 bits per heavy atom. The lowest BCUT2D eigenvalue weighted by Crippen LogP contribution is -2.17. The molecule has 1 aromatic heterocycles. The number of rotatable bonds is 4. The molecule has 0 unspecified atom stereocenters. The minimum atomic E-state index is -4.73. The molecule has 2 aromatic rings. The maximum Gasteiger partial charge on any atom is 0.573 e. The van der Waals surface area contributed by atoms with Gasteiger partial charge in [-0.25, -0.2) is 0 Å². The summed E-state index contributed by atoms with van der Waals surface area (Å²) in [5.74, 6) is -0.454. The summed E-state index contributed by atoms with van der Waals surface area (Å²) >= 11 is 0. The average molecular weight is 285 g/mol. The van der Waals surface area contributed by atoms with Crippen molar-refractivity contribution in [1.29, 1.82) is 0 Å². The number of nitrogens with two attached hydrogens (primary N) is 1. The Morgan fingerprint density at radius 2 is 1.95 bits per heavy atom. The van der Waals surface area contributed by atoms with E-state index < -0.39 is 6.36 Å². The minimum absolute atomic E-state index is 0.00995. The molecule has 0 saturated carbocycles. The van der Waals surface area contributed by atoms with Gasteiger partial charge in [0.05, 0.1) is 11.8 Å². The second-order valence-corrected chi connectivity index (χ2v) is 3.99. The van der Waals surface area contributed by atoms with E-state index >= 15 is 0 Å². The van der Waals surface area contributed by atoms with E-state index in [1.807, 2.05) is 0 Å². The predicted molar refractivity (Wildman–Crippen MR) is 64.2 cm³/mol. The number of ketones is 1. The Balaban J connectivity index is 2.04. The summed E-state index contributed by atoms with van der Waals surface area (Å²) < 4.78 is 39.7. The summed E-state index contributed by atoms with van der Waals surface area (Å²) in [7, 11) is 0. The fourth-order valence-corrected chi connectivity index (χ4v) is 1.61. The molecule has 5 nitrogen and oxygen atoms in total. The van der Waals surface area contributed by atoms with Crippen molar-refractivity contribution >= 4 is 11.6 Å². The van der Waals surface area contributed by atoms with Crippen molar-refractivity contribution in [3.8, 4) is 5.75 Å². The molecule has 106 valence electrons. The lowest BCUT2D eigenvalue weighted by atomic mass is 10.1. The third-order valence-corrected chi connectivity index (χ3v) is 2.49. The zero-order chi connectivity index (χ0) is 14.8. The molecule has 1 heterocycles. The summed E-state index contributed by atoms with van der Waals surface area (Å²) in [6, 6.07) is 5.06. The number of halogens is 3. The van der Waals surface area contributed by atoms with Gasteiger partial charge < -0.3 is 10.5 Å². The van der Waals surface area contributed by atoms with Crippen molar-refractivity contribution in [1.82, 2.24) is 10.2 Å². The first-order valence-electron chi connectivity index (χ1n) is 5.52. The Bertz CT molecular complexity index is 605. The molecule has 0 atom stereocenters. The molecule has 2 rings (SSSR count). The molecule has 20 heavy (non-hydrogen) atoms. The normalized spacial score (nSPS) is 11.3. The maximum atomic E-state index is 12.0. The quantitative estimate of drug-likeness (QED) is 0.845. The Hall–Kier alpha value is -2.51. The molecule has 0 aliphatic carbocycles. The van der Waals surface area contributed by atoms with Crippen LogP contribution in [0.5, 0.6) is 5.75 Å². The molecule has 3 N–H and O–H groups in total. The largest absolute Gasteiger partial charge is 0.573 e. The molecular weight excluding hydrogens is 275 g/mol. The monoisotopic (exact) mass is 285 g/mol. The number of hydrogen-bond donors (Lipinski definition) is 2. The van der Waals surface area contributed by atoms with Crippen LogP contribution in [0.2, 0.25) is 0 Å². The fraction of sp³-hybridized carbons (Fsp3) is 0.167. The highest BCUT2D eigenvalue weighted by atomic mass is 19.4. The van der Waals surface area contributed by atoms with Crippen LogP contribution in [0, 0.1) is 0 Å². The van der Waals surface area contributed by atoms with Crippen molar-refractivity contribution in [2.24, 2.45) is 0 Å². The van der Waals surface area contributed by atoms with E-state index in [0.717, 1.165) is 12.1 Å². The number of carbonyl (C=O) groups excluding carboxylic acids is 1. The van der Waals surface area contributed by atoms with Gasteiger partial charge in [0.15, 0.2) is 5.78 Å². The van der Waals surface area contributed by atoms with E-state index in [9.17, 15) is 18.0 Å². The van der Waals surface area contributed by atoms with E-state index in [-0.39, 0.29) is 29.3 Å². The summed E-state index contributed by atoms with van der Waals surface area (Å²) in [5.41, 5.74) is 6.30. The number of hydrogen-bond acceptors (Lipinski definition) is 4. The molecule has 0 amide bonds. The lowest BCUT2D eigenvalue weighted by Gasteiger charge is -2.09. The van der Waals surface area contributed by atoms with Crippen LogP contribution in [0.25, 0.3) is 0 Å². The molecule has 0 radical (unpaired) electrons. The fourth-order valence-electron chi connectivity index (χ4n) is 1.61. The van der Waals surface area contributed by atoms with Gasteiger partial charge in [-0.05, 0) is 17.7 Å². The van der Waals surface area contributed by atoms with E-state index in [1.165, 1.54) is 18.3 Å². The highest BCUT2D eigenvalue weighted by Crippen LogP contribution is 2.23. The molecule has 0 fully saturated rings. The van der Waals surface area contributed by atoms with Crippen LogP contribution in [0.3, 0.4) is 0 Å². The highest BCUT2D eigenvalue weighted by Gasteiger charge is 2.30. The number of aromatic nitrogens is 2.